The van der Waals surface area contributed by atoms with Crippen LogP contribution in [-0.4, -0.2) is 103 Å². The Labute approximate surface area is 176 Å². The van der Waals surface area contributed by atoms with E-state index < -0.39 is 58.1 Å². The first-order chi connectivity index (χ1) is 10.5. The average Bonchev–Trinajstić information content (AvgIpc) is 2.33. The Hall–Kier alpha value is 0.571. The predicted molar refractivity (Wildman–Crippen MR) is 57.6 cm³/mol. The molecular weight excluding hydrogens is 560 g/mol. The second-order valence-electron chi connectivity index (χ2n) is 4.54. The molecule has 3 nitrogen and oxygen atoms in total. The van der Waals surface area contributed by atoms with Crippen molar-refractivity contribution in [2.45, 2.75) is 42.2 Å². The van der Waals surface area contributed by atoms with Gasteiger partial charge in [0.25, 0.3) is 10.1 Å². The van der Waals surface area contributed by atoms with Crippen LogP contribution in [0.3, 0.4) is 0 Å². The molecule has 0 aromatic rings. The van der Waals surface area contributed by atoms with Gasteiger partial charge in [0.1, 0.15) is 0 Å². The Bertz CT molecular complexity index is 597. The van der Waals surface area contributed by atoms with E-state index in [2.05, 4.69) is 0 Å². The Morgan fingerprint density at radius 2 is 0.923 bits per heavy atom. The summed E-state index contributed by atoms with van der Waals surface area (Å²) in [4.78, 5) is 0. The summed E-state index contributed by atoms with van der Waals surface area (Å²) in [5, 5.41) is 0. The van der Waals surface area contributed by atoms with E-state index in [0.29, 0.717) is 0 Å². The van der Waals surface area contributed by atoms with E-state index in [9.17, 15) is 65.5 Å². The fraction of sp³-hybridized carbons (Fsp3) is 1.00. The van der Waals surface area contributed by atoms with E-state index in [1.165, 1.54) is 0 Å². The van der Waals surface area contributed by atoms with E-state index in [0.717, 1.165) is 0 Å². The van der Waals surface area contributed by atoms with Gasteiger partial charge in [-0.3, -0.25) is 4.55 Å². The topological polar surface area (TPSA) is 54.4 Å². The van der Waals surface area contributed by atoms with Gasteiger partial charge >= 0.3 is 35.8 Å². The summed E-state index contributed by atoms with van der Waals surface area (Å²) < 4.78 is 192. The number of hydrogen-bond acceptors (Lipinski definition) is 2. The SMILES string of the molecule is O=S(=O)(O)CCC(F)(F)C(F)(F)C(F)(F)C(F)(F)C(F)(F)C(F)(F)F.[Ba]. The molecule has 0 saturated heterocycles. The van der Waals surface area contributed by atoms with Crippen LogP contribution in [0.4, 0.5) is 57.1 Å². The summed E-state index contributed by atoms with van der Waals surface area (Å²) in [7, 11) is -5.52. The molecular formula is C8H5BaF13O3S. The third-order valence-electron chi connectivity index (χ3n) is 2.67. The molecule has 0 atom stereocenters. The molecule has 0 saturated carbocycles. The van der Waals surface area contributed by atoms with Crippen LogP contribution in [0.2, 0.25) is 0 Å². The first-order valence-corrected chi connectivity index (χ1v) is 6.97. The average molecular weight is 565 g/mol. The molecule has 0 heterocycles. The van der Waals surface area contributed by atoms with Gasteiger partial charge in [-0.2, -0.15) is 65.5 Å². The summed E-state index contributed by atoms with van der Waals surface area (Å²) in [6, 6.07) is 0. The van der Waals surface area contributed by atoms with E-state index in [1.54, 1.807) is 0 Å². The van der Waals surface area contributed by atoms with Gasteiger partial charge in [-0.25, -0.2) is 0 Å². The quantitative estimate of drug-likeness (QED) is 0.292. The molecule has 0 spiro atoms. The minimum absolute atomic E-state index is 0. The van der Waals surface area contributed by atoms with Crippen LogP contribution in [0.1, 0.15) is 6.42 Å². The van der Waals surface area contributed by atoms with Crippen LogP contribution in [0.5, 0.6) is 0 Å². The molecule has 0 amide bonds. The maximum Gasteiger partial charge on any atom is 0.460 e. The van der Waals surface area contributed by atoms with E-state index in [1.807, 2.05) is 0 Å². The van der Waals surface area contributed by atoms with Crippen LogP contribution in [0, 0.1) is 0 Å². The van der Waals surface area contributed by atoms with Crippen molar-refractivity contribution < 1.29 is 70.0 Å². The van der Waals surface area contributed by atoms with Crippen LogP contribution in [0.25, 0.3) is 0 Å². The fourth-order valence-electron chi connectivity index (χ4n) is 1.22. The molecule has 154 valence electrons. The van der Waals surface area contributed by atoms with Gasteiger partial charge < -0.3 is 0 Å². The fourth-order valence-corrected chi connectivity index (χ4v) is 1.73. The van der Waals surface area contributed by atoms with Crippen molar-refractivity contribution in [1.29, 1.82) is 0 Å². The molecule has 18 heteroatoms. The molecule has 0 aliphatic rings. The Balaban J connectivity index is 0. The van der Waals surface area contributed by atoms with Crippen molar-refractivity contribution >= 4 is 59.0 Å². The molecule has 0 rings (SSSR count). The molecule has 0 aliphatic carbocycles. The third kappa shape index (κ3) is 4.94. The van der Waals surface area contributed by atoms with Crippen molar-refractivity contribution in [2.75, 3.05) is 5.75 Å². The maximum absolute atomic E-state index is 13.0. The van der Waals surface area contributed by atoms with Gasteiger partial charge in [0.15, 0.2) is 0 Å². The van der Waals surface area contributed by atoms with Crippen molar-refractivity contribution in [3.8, 4) is 0 Å². The number of hydrogen-bond donors (Lipinski definition) is 1. The van der Waals surface area contributed by atoms with Crippen molar-refractivity contribution in [3.63, 3.8) is 0 Å². The molecule has 0 bridgehead atoms. The molecule has 0 aromatic heterocycles. The Kier molecular flexibility index (Phi) is 8.60. The first-order valence-electron chi connectivity index (χ1n) is 5.36. The standard InChI is InChI=1S/C8H5F13O3S.Ba/c9-3(10,1-2-25(22,23)24)4(11,12)5(13,14)6(15,16)7(17,18)8(19,20)21;/h1-2H2,(H,22,23,24);. The summed E-state index contributed by atoms with van der Waals surface area (Å²) in [6.45, 7) is 0. The zero-order valence-electron chi connectivity index (χ0n) is 11.7. The van der Waals surface area contributed by atoms with Crippen molar-refractivity contribution in [3.05, 3.63) is 0 Å². The molecule has 0 aliphatic heterocycles. The monoisotopic (exact) mass is 566 g/mol. The van der Waals surface area contributed by atoms with Gasteiger partial charge in [0.05, 0.1) is 5.75 Å². The summed E-state index contributed by atoms with van der Waals surface area (Å²) in [6.07, 6.45) is -10.5. The van der Waals surface area contributed by atoms with Gasteiger partial charge in [-0.15, -0.1) is 0 Å². The van der Waals surface area contributed by atoms with E-state index in [4.69, 9.17) is 4.55 Å². The van der Waals surface area contributed by atoms with Gasteiger partial charge in [0.2, 0.25) is 0 Å². The molecule has 2 radical (unpaired) electrons. The van der Waals surface area contributed by atoms with Crippen LogP contribution in [-0.2, 0) is 10.1 Å². The predicted octanol–water partition coefficient (Wildman–Crippen LogP) is 3.62. The van der Waals surface area contributed by atoms with Crippen LogP contribution < -0.4 is 0 Å². The van der Waals surface area contributed by atoms with Crippen LogP contribution >= 0.6 is 0 Å². The molecule has 26 heavy (non-hydrogen) atoms. The van der Waals surface area contributed by atoms with E-state index >= 15 is 0 Å². The number of rotatable bonds is 7. The minimum atomic E-state index is -8.04. The Morgan fingerprint density at radius 1 is 0.615 bits per heavy atom. The van der Waals surface area contributed by atoms with Crippen molar-refractivity contribution in [1.82, 2.24) is 0 Å². The summed E-state index contributed by atoms with van der Waals surface area (Å²) in [5.74, 6) is -40.3. The molecule has 1 N–H and O–H groups in total. The van der Waals surface area contributed by atoms with Gasteiger partial charge in [-0.05, 0) is 0 Å². The van der Waals surface area contributed by atoms with Crippen molar-refractivity contribution in [2.24, 2.45) is 0 Å². The second kappa shape index (κ2) is 7.77. The normalized spacial score (nSPS) is 15.6. The minimum Gasteiger partial charge on any atom is -0.286 e. The number of halogens is 13. The third-order valence-corrected chi connectivity index (χ3v) is 3.39. The zero-order valence-corrected chi connectivity index (χ0v) is 17.0. The van der Waals surface area contributed by atoms with Crippen LogP contribution in [0.15, 0.2) is 0 Å². The smallest absolute Gasteiger partial charge is 0.286 e. The molecule has 0 aromatic carbocycles. The first kappa shape index (κ1) is 28.8. The molecule has 0 fully saturated rings. The second-order valence-corrected chi connectivity index (χ2v) is 6.11. The van der Waals surface area contributed by atoms with Gasteiger partial charge in [-0.1, -0.05) is 0 Å². The molecule has 0 unspecified atom stereocenters. The summed E-state index contributed by atoms with van der Waals surface area (Å²) in [5.41, 5.74) is 0. The number of alkyl halides is 13. The van der Waals surface area contributed by atoms with Gasteiger partial charge in [0, 0.05) is 55.3 Å². The Morgan fingerprint density at radius 3 is 1.19 bits per heavy atom. The zero-order chi connectivity index (χ0) is 20.9. The summed E-state index contributed by atoms with van der Waals surface area (Å²) >= 11 is 0. The largest absolute Gasteiger partial charge is 0.460 e. The van der Waals surface area contributed by atoms with E-state index in [-0.39, 0.29) is 48.9 Å². The maximum atomic E-state index is 13.0.